The van der Waals surface area contributed by atoms with E-state index in [2.05, 4.69) is 22.5 Å². The Balaban J connectivity index is 2.35. The Labute approximate surface area is 190 Å². The molecule has 2 amide bonds. The van der Waals surface area contributed by atoms with Gasteiger partial charge in [-0.2, -0.15) is 0 Å². The number of phenolic OH excluding ortho intramolecular Hbond substituents is 1. The number of anilines is 3. The molecule has 0 fully saturated rings. The molecule has 0 heterocycles. The van der Waals surface area contributed by atoms with Gasteiger partial charge in [0.2, 0.25) is 5.91 Å². The van der Waals surface area contributed by atoms with Crippen molar-refractivity contribution >= 4 is 28.9 Å². The van der Waals surface area contributed by atoms with Crippen LogP contribution in [0.2, 0.25) is 0 Å². The first-order valence-corrected chi connectivity index (χ1v) is 10.1. The molecule has 2 aromatic rings. The van der Waals surface area contributed by atoms with Crippen LogP contribution in [0, 0.1) is 5.92 Å². The molecule has 174 valence electrons. The van der Waals surface area contributed by atoms with Crippen LogP contribution in [0.25, 0.3) is 0 Å². The summed E-state index contributed by atoms with van der Waals surface area (Å²) in [5.41, 5.74) is -2.11. The maximum atomic E-state index is 12.7. The number of nitrogens with one attached hydrogen (secondary N) is 3. The Morgan fingerprint density at radius 1 is 1.15 bits per heavy atom. The zero-order valence-electron chi connectivity index (χ0n) is 18.6. The van der Waals surface area contributed by atoms with Crippen molar-refractivity contribution in [2.45, 2.75) is 19.9 Å². The van der Waals surface area contributed by atoms with Crippen LogP contribution < -0.4 is 37.7 Å². The van der Waals surface area contributed by atoms with Crippen LogP contribution in [-0.2, 0) is 4.79 Å². The topological polar surface area (TPSA) is 154 Å². The van der Waals surface area contributed by atoms with Gasteiger partial charge in [0.05, 0.1) is 11.3 Å². The average Bonchev–Trinajstić information content (AvgIpc) is 2.78. The van der Waals surface area contributed by atoms with Gasteiger partial charge < -0.3 is 21.1 Å². The predicted molar refractivity (Wildman–Crippen MR) is 128 cm³/mol. The lowest BCUT2D eigenvalue weighted by atomic mass is 10.0. The molecule has 6 N–H and O–H groups in total. The Hall–Kier alpha value is -4.18. The van der Waals surface area contributed by atoms with Gasteiger partial charge in [0.15, 0.2) is 5.75 Å². The highest BCUT2D eigenvalue weighted by atomic mass is 16.3. The number of rotatable bonds is 10. The summed E-state index contributed by atoms with van der Waals surface area (Å²) in [5.74, 6) is 4.38. The van der Waals surface area contributed by atoms with E-state index in [1.54, 1.807) is 38.2 Å². The molecule has 2 rings (SSSR count). The molecular formula is C23H27N5O5. The largest absolute Gasteiger partial charge is 0.505 e. The highest BCUT2D eigenvalue weighted by molar-refractivity contribution is 5.99. The molecule has 2 aromatic carbocycles. The van der Waals surface area contributed by atoms with Gasteiger partial charge >= 0.3 is 0 Å². The minimum atomic E-state index is -0.979. The van der Waals surface area contributed by atoms with Crippen molar-refractivity contribution in [2.75, 3.05) is 17.4 Å². The molecule has 10 nitrogen and oxygen atoms in total. The number of nitrogens with two attached hydrogens (primary N) is 1. The standard InChI is InChI=1S/C23H27N5O5/c1-5-6-7-8-12-26-23(33)17(13(2)3)28(24)18-16(20(30)21(18)31)27-15-11-9-10-14(19(15)29)22(32)25-4/h5-13,17,27,29H,1,24H2,2-4H3,(H,25,32)(H,26,33)/b7-6-,12-8?/t17-/m0/s1. The molecule has 0 aliphatic heterocycles. The van der Waals surface area contributed by atoms with Crippen LogP contribution in [0.4, 0.5) is 17.1 Å². The summed E-state index contributed by atoms with van der Waals surface area (Å²) in [5, 5.41) is 19.0. The summed E-state index contributed by atoms with van der Waals surface area (Å²) >= 11 is 0. The molecule has 0 aliphatic rings. The number of hydrazine groups is 1. The van der Waals surface area contributed by atoms with Crippen LogP contribution in [0.15, 0.2) is 64.9 Å². The predicted octanol–water partition coefficient (Wildman–Crippen LogP) is 1.17. The van der Waals surface area contributed by atoms with Crippen molar-refractivity contribution in [1.29, 1.82) is 0 Å². The second-order valence-corrected chi connectivity index (χ2v) is 7.37. The molecule has 0 spiro atoms. The van der Waals surface area contributed by atoms with Crippen LogP contribution in [0.1, 0.15) is 24.2 Å². The SMILES string of the molecule is C=C/C=C\C=CNC(=O)[C@H](C(C)C)N(N)c1c(Nc2cccc(C(=O)NC)c2O)c(=O)c1=O. The Morgan fingerprint density at radius 3 is 2.45 bits per heavy atom. The minimum absolute atomic E-state index is 0.0240. The first-order chi connectivity index (χ1) is 15.6. The molecule has 0 bridgehead atoms. The van der Waals surface area contributed by atoms with Crippen molar-refractivity contribution in [3.63, 3.8) is 0 Å². The Bertz CT molecular complexity index is 1170. The summed E-state index contributed by atoms with van der Waals surface area (Å²) < 4.78 is 0. The average molecular weight is 453 g/mol. The lowest BCUT2D eigenvalue weighted by Crippen LogP contribution is -2.57. The molecule has 33 heavy (non-hydrogen) atoms. The van der Waals surface area contributed by atoms with Gasteiger partial charge in [-0.1, -0.05) is 44.7 Å². The van der Waals surface area contributed by atoms with E-state index in [0.717, 1.165) is 5.01 Å². The molecule has 0 unspecified atom stereocenters. The van der Waals surface area contributed by atoms with Gasteiger partial charge in [0, 0.05) is 13.2 Å². The Kier molecular flexibility index (Phi) is 8.30. The third-order valence-electron chi connectivity index (χ3n) is 4.79. The number of hydrogen-bond donors (Lipinski definition) is 5. The van der Waals surface area contributed by atoms with Crippen molar-refractivity contribution in [1.82, 2.24) is 10.6 Å². The maximum Gasteiger partial charge on any atom is 0.254 e. The van der Waals surface area contributed by atoms with E-state index < -0.39 is 34.5 Å². The van der Waals surface area contributed by atoms with E-state index in [4.69, 9.17) is 5.84 Å². The zero-order valence-corrected chi connectivity index (χ0v) is 18.6. The van der Waals surface area contributed by atoms with Gasteiger partial charge in [-0.15, -0.1) is 0 Å². The summed E-state index contributed by atoms with van der Waals surface area (Å²) in [7, 11) is 1.41. The smallest absolute Gasteiger partial charge is 0.254 e. The van der Waals surface area contributed by atoms with Gasteiger partial charge in [-0.25, -0.2) is 5.84 Å². The number of amides is 2. The first-order valence-electron chi connectivity index (χ1n) is 10.1. The van der Waals surface area contributed by atoms with Crippen LogP contribution in [0.3, 0.4) is 0 Å². The first kappa shape index (κ1) is 25.1. The third kappa shape index (κ3) is 5.36. The van der Waals surface area contributed by atoms with Gasteiger partial charge in [0.25, 0.3) is 16.8 Å². The van der Waals surface area contributed by atoms with E-state index in [1.165, 1.54) is 31.4 Å². The van der Waals surface area contributed by atoms with Gasteiger partial charge in [-0.3, -0.25) is 24.2 Å². The number of aromatic hydroxyl groups is 1. The lowest BCUT2D eigenvalue weighted by Gasteiger charge is -2.32. The van der Waals surface area contributed by atoms with E-state index >= 15 is 0 Å². The Morgan fingerprint density at radius 2 is 1.85 bits per heavy atom. The summed E-state index contributed by atoms with van der Waals surface area (Å²) in [6.07, 6.45) is 7.91. The molecular weight excluding hydrogens is 426 g/mol. The van der Waals surface area contributed by atoms with Crippen molar-refractivity contribution in [3.8, 4) is 5.75 Å². The van der Waals surface area contributed by atoms with E-state index in [0.29, 0.717) is 0 Å². The number of hydrogen-bond acceptors (Lipinski definition) is 8. The summed E-state index contributed by atoms with van der Waals surface area (Å²) in [4.78, 5) is 49.2. The number of carbonyl (C=O) groups is 2. The van der Waals surface area contributed by atoms with Crippen LogP contribution >= 0.6 is 0 Å². The molecule has 1 atom stereocenters. The minimum Gasteiger partial charge on any atom is -0.505 e. The van der Waals surface area contributed by atoms with Crippen molar-refractivity contribution < 1.29 is 14.7 Å². The van der Waals surface area contributed by atoms with E-state index in [-0.39, 0.29) is 28.5 Å². The second kappa shape index (κ2) is 10.9. The highest BCUT2D eigenvalue weighted by Gasteiger charge is 2.34. The molecule has 0 aromatic heterocycles. The number of nitrogens with zero attached hydrogens (tertiary/aromatic N) is 1. The fraction of sp³-hybridized carbons (Fsp3) is 0.217. The quantitative estimate of drug-likeness (QED) is 0.118. The fourth-order valence-electron chi connectivity index (χ4n) is 3.14. The number of carbonyl (C=O) groups excluding carboxylic acids is 2. The van der Waals surface area contributed by atoms with Crippen molar-refractivity contribution in [2.24, 2.45) is 11.8 Å². The van der Waals surface area contributed by atoms with E-state index in [9.17, 15) is 24.3 Å². The normalized spacial score (nSPS) is 12.3. The summed E-state index contributed by atoms with van der Waals surface area (Å²) in [6.45, 7) is 7.02. The molecule has 0 saturated carbocycles. The molecule has 0 saturated heterocycles. The zero-order chi connectivity index (χ0) is 24.7. The fourth-order valence-corrected chi connectivity index (χ4v) is 3.14. The van der Waals surface area contributed by atoms with Crippen LogP contribution in [0.5, 0.6) is 5.75 Å². The maximum absolute atomic E-state index is 12.7. The van der Waals surface area contributed by atoms with Crippen molar-refractivity contribution in [3.05, 3.63) is 81.3 Å². The number of para-hydroxylation sites is 1. The molecule has 10 heteroatoms. The molecule has 0 aliphatic carbocycles. The highest BCUT2D eigenvalue weighted by Crippen LogP contribution is 2.32. The third-order valence-corrected chi connectivity index (χ3v) is 4.79. The van der Waals surface area contributed by atoms with E-state index in [1.807, 2.05) is 0 Å². The number of phenols is 1. The lowest BCUT2D eigenvalue weighted by molar-refractivity contribution is -0.122. The molecule has 0 radical (unpaired) electrons. The van der Waals surface area contributed by atoms with Gasteiger partial charge in [0.1, 0.15) is 17.4 Å². The monoisotopic (exact) mass is 453 g/mol. The second-order valence-electron chi connectivity index (χ2n) is 7.37. The summed E-state index contributed by atoms with van der Waals surface area (Å²) in [6, 6.07) is 3.34. The van der Waals surface area contributed by atoms with Gasteiger partial charge in [-0.05, 0) is 24.1 Å². The number of benzene rings is 1. The number of allylic oxidation sites excluding steroid dienone is 4. The van der Waals surface area contributed by atoms with Crippen LogP contribution in [-0.4, -0.2) is 30.0 Å².